The monoisotopic (exact) mass is 300 g/mol. The van der Waals surface area contributed by atoms with Gasteiger partial charge in [-0.05, 0) is 12.5 Å². The van der Waals surface area contributed by atoms with E-state index in [4.69, 9.17) is 4.42 Å². The van der Waals surface area contributed by atoms with E-state index in [1.54, 1.807) is 6.07 Å². The van der Waals surface area contributed by atoms with Crippen LogP contribution in [0.4, 0.5) is 0 Å². The Morgan fingerprint density at radius 1 is 1.33 bits per heavy atom. The molecule has 0 atom stereocenters. The molecule has 0 spiro atoms. The summed E-state index contributed by atoms with van der Waals surface area (Å²) >= 11 is 1.10. The molecule has 2 heterocycles. The smallest absolute Gasteiger partial charge is 0.172 e. The molecular formula is C17H16O3S. The number of aryl methyl sites for hydroxylation is 1. The average Bonchev–Trinajstić information content (AvgIpc) is 3.04. The van der Waals surface area contributed by atoms with E-state index in [1.165, 1.54) is 0 Å². The second-order valence-electron chi connectivity index (χ2n) is 4.98. The third kappa shape index (κ3) is 2.47. The Morgan fingerprint density at radius 2 is 2.14 bits per heavy atom. The van der Waals surface area contributed by atoms with Crippen molar-refractivity contribution in [2.24, 2.45) is 0 Å². The molecule has 3 nitrogen and oxygen atoms in total. The number of carbonyl (C=O) groups excluding carboxylic acids is 1. The number of hydrogen-bond acceptors (Lipinski definition) is 4. The molecule has 0 fully saturated rings. The fourth-order valence-corrected chi connectivity index (χ4v) is 3.30. The van der Waals surface area contributed by atoms with E-state index in [-0.39, 0.29) is 5.06 Å². The number of aromatic hydroxyl groups is 1. The van der Waals surface area contributed by atoms with Crippen LogP contribution < -0.4 is 0 Å². The molecule has 0 saturated heterocycles. The summed E-state index contributed by atoms with van der Waals surface area (Å²) in [5.74, 6) is 0.888. The fourth-order valence-electron chi connectivity index (χ4n) is 2.58. The highest BCUT2D eigenvalue weighted by molar-refractivity contribution is 7.15. The van der Waals surface area contributed by atoms with E-state index in [0.29, 0.717) is 4.88 Å². The molecule has 0 bridgehead atoms. The van der Waals surface area contributed by atoms with E-state index in [2.05, 4.69) is 6.92 Å². The zero-order chi connectivity index (χ0) is 14.8. The molecule has 4 heteroatoms. The zero-order valence-corrected chi connectivity index (χ0v) is 12.6. The van der Waals surface area contributed by atoms with Crippen LogP contribution in [0.5, 0.6) is 5.06 Å². The lowest BCUT2D eigenvalue weighted by Crippen LogP contribution is -1.87. The van der Waals surface area contributed by atoms with Crippen LogP contribution >= 0.6 is 11.3 Å². The van der Waals surface area contributed by atoms with Gasteiger partial charge in [0.25, 0.3) is 0 Å². The Balaban J connectivity index is 2.25. The number of fused-ring (bicyclic) bond motifs is 1. The van der Waals surface area contributed by atoms with Crippen molar-refractivity contribution < 1.29 is 14.3 Å². The van der Waals surface area contributed by atoms with Gasteiger partial charge in [0, 0.05) is 29.0 Å². The fraction of sp³-hybridized carbons (Fsp3) is 0.235. The topological polar surface area (TPSA) is 50.4 Å². The molecule has 2 aromatic heterocycles. The highest BCUT2D eigenvalue weighted by Gasteiger charge is 2.20. The molecule has 21 heavy (non-hydrogen) atoms. The number of carbonyl (C=O) groups is 1. The van der Waals surface area contributed by atoms with Gasteiger partial charge in [-0.3, -0.25) is 4.79 Å². The van der Waals surface area contributed by atoms with Crippen LogP contribution in [-0.2, 0) is 6.42 Å². The van der Waals surface area contributed by atoms with Gasteiger partial charge in [0.05, 0.1) is 4.88 Å². The lowest BCUT2D eigenvalue weighted by molar-refractivity contribution is 0.112. The lowest BCUT2D eigenvalue weighted by atomic mass is 10.0. The number of para-hydroxylation sites is 1. The van der Waals surface area contributed by atoms with Crippen molar-refractivity contribution in [1.82, 2.24) is 0 Å². The van der Waals surface area contributed by atoms with Gasteiger partial charge in [0.1, 0.15) is 11.3 Å². The Bertz CT molecular complexity index is 783. The van der Waals surface area contributed by atoms with E-state index in [9.17, 15) is 9.90 Å². The maximum Gasteiger partial charge on any atom is 0.172 e. The number of unbranched alkanes of at least 4 members (excludes halogenated alkanes) is 1. The third-order valence-corrected chi connectivity index (χ3v) is 4.41. The largest absolute Gasteiger partial charge is 0.499 e. The van der Waals surface area contributed by atoms with Gasteiger partial charge in [-0.25, -0.2) is 0 Å². The van der Waals surface area contributed by atoms with Gasteiger partial charge in [-0.15, -0.1) is 0 Å². The molecule has 0 aliphatic rings. The number of hydrogen-bond donors (Lipinski definition) is 1. The molecule has 108 valence electrons. The number of furan rings is 1. The van der Waals surface area contributed by atoms with Crippen LogP contribution in [0.2, 0.25) is 0 Å². The minimum atomic E-state index is 0.152. The second-order valence-corrected chi connectivity index (χ2v) is 6.04. The predicted octanol–water partition coefficient (Wildman–Crippen LogP) is 5.02. The first-order valence-corrected chi connectivity index (χ1v) is 7.85. The summed E-state index contributed by atoms with van der Waals surface area (Å²) in [6.07, 6.45) is 3.73. The first-order valence-electron chi connectivity index (χ1n) is 7.03. The molecule has 0 aliphatic heterocycles. The van der Waals surface area contributed by atoms with Gasteiger partial charge >= 0.3 is 0 Å². The Hall–Kier alpha value is -2.07. The summed E-state index contributed by atoms with van der Waals surface area (Å²) in [5, 5.41) is 10.9. The van der Waals surface area contributed by atoms with Crippen molar-refractivity contribution in [3.05, 3.63) is 41.0 Å². The first-order chi connectivity index (χ1) is 10.2. The van der Waals surface area contributed by atoms with Crippen LogP contribution in [0.25, 0.3) is 22.1 Å². The summed E-state index contributed by atoms with van der Waals surface area (Å²) in [6.45, 7) is 2.13. The van der Waals surface area contributed by atoms with Crippen molar-refractivity contribution in [3.8, 4) is 16.2 Å². The van der Waals surface area contributed by atoms with E-state index in [0.717, 1.165) is 64.7 Å². The van der Waals surface area contributed by atoms with Crippen LogP contribution in [0.1, 0.15) is 35.2 Å². The molecule has 0 radical (unpaired) electrons. The van der Waals surface area contributed by atoms with Crippen LogP contribution in [0.15, 0.2) is 34.7 Å². The van der Waals surface area contributed by atoms with Crippen LogP contribution in [0.3, 0.4) is 0 Å². The van der Waals surface area contributed by atoms with E-state index in [1.807, 2.05) is 24.3 Å². The number of aldehydes is 1. The van der Waals surface area contributed by atoms with E-state index >= 15 is 0 Å². The highest BCUT2D eigenvalue weighted by atomic mass is 32.1. The molecule has 0 unspecified atom stereocenters. The molecule has 1 N–H and O–H groups in total. The Morgan fingerprint density at radius 3 is 2.90 bits per heavy atom. The Labute approximate surface area is 126 Å². The van der Waals surface area contributed by atoms with E-state index < -0.39 is 0 Å². The lowest BCUT2D eigenvalue weighted by Gasteiger charge is -2.01. The van der Waals surface area contributed by atoms with Crippen molar-refractivity contribution >= 4 is 28.6 Å². The first kappa shape index (κ1) is 13.9. The molecule has 1 aromatic carbocycles. The summed E-state index contributed by atoms with van der Waals surface area (Å²) in [6, 6.07) is 9.47. The van der Waals surface area contributed by atoms with Gasteiger partial charge in [-0.1, -0.05) is 42.9 Å². The standard InChI is InChI=1S/C17H16O3S/c1-2-3-7-14-17(11-6-4-5-8-13(11)20-14)12-9-16(19)21-15(12)10-18/h4-6,8-10,19H,2-3,7H2,1H3. The Kier molecular flexibility index (Phi) is 3.80. The number of thiophene rings is 1. The SMILES string of the molecule is CCCCc1oc2ccccc2c1-c1cc(O)sc1C=O. The summed E-state index contributed by atoms with van der Waals surface area (Å²) < 4.78 is 5.97. The van der Waals surface area contributed by atoms with Gasteiger partial charge in [0.2, 0.25) is 0 Å². The molecule has 3 aromatic rings. The summed E-state index contributed by atoms with van der Waals surface area (Å²) in [5.41, 5.74) is 2.53. The summed E-state index contributed by atoms with van der Waals surface area (Å²) in [4.78, 5) is 11.8. The third-order valence-electron chi connectivity index (χ3n) is 3.55. The van der Waals surface area contributed by atoms with Gasteiger partial charge in [-0.2, -0.15) is 0 Å². The normalized spacial score (nSPS) is 11.1. The van der Waals surface area contributed by atoms with Crippen molar-refractivity contribution in [2.45, 2.75) is 26.2 Å². The molecular weight excluding hydrogens is 284 g/mol. The average molecular weight is 300 g/mol. The second kappa shape index (κ2) is 5.74. The minimum Gasteiger partial charge on any atom is -0.499 e. The van der Waals surface area contributed by atoms with Crippen molar-refractivity contribution in [3.63, 3.8) is 0 Å². The number of benzene rings is 1. The van der Waals surface area contributed by atoms with Crippen LogP contribution in [-0.4, -0.2) is 11.4 Å². The molecule has 0 saturated carbocycles. The van der Waals surface area contributed by atoms with Gasteiger partial charge < -0.3 is 9.52 Å². The van der Waals surface area contributed by atoms with Gasteiger partial charge in [0.15, 0.2) is 11.3 Å². The zero-order valence-electron chi connectivity index (χ0n) is 11.8. The summed E-state index contributed by atoms with van der Waals surface area (Å²) in [7, 11) is 0. The predicted molar refractivity (Wildman–Crippen MR) is 85.2 cm³/mol. The maximum absolute atomic E-state index is 11.3. The maximum atomic E-state index is 11.3. The highest BCUT2D eigenvalue weighted by Crippen LogP contribution is 2.41. The molecule has 3 rings (SSSR count). The van der Waals surface area contributed by atoms with Crippen molar-refractivity contribution in [2.75, 3.05) is 0 Å². The molecule has 0 aliphatic carbocycles. The molecule has 0 amide bonds. The van der Waals surface area contributed by atoms with Crippen LogP contribution in [0, 0.1) is 0 Å². The number of rotatable bonds is 5. The minimum absolute atomic E-state index is 0.152. The quantitative estimate of drug-likeness (QED) is 0.673. The van der Waals surface area contributed by atoms with Crippen molar-refractivity contribution in [1.29, 1.82) is 0 Å².